The van der Waals surface area contributed by atoms with Crippen LogP contribution < -0.4 is 9.47 Å². The molecule has 6 nitrogen and oxygen atoms in total. The third kappa shape index (κ3) is 5.47. The highest BCUT2D eigenvalue weighted by Gasteiger charge is 2.21. The molecule has 0 aliphatic rings. The summed E-state index contributed by atoms with van der Waals surface area (Å²) < 4.78 is 20.4. The van der Waals surface area contributed by atoms with Gasteiger partial charge in [0.15, 0.2) is 24.2 Å². The number of rotatable bonds is 9. The van der Waals surface area contributed by atoms with Crippen molar-refractivity contribution >= 4 is 11.9 Å². The first kappa shape index (κ1) is 17.6. The van der Waals surface area contributed by atoms with Gasteiger partial charge in [0, 0.05) is 6.42 Å². The van der Waals surface area contributed by atoms with Gasteiger partial charge in [0.25, 0.3) is 0 Å². The molecule has 22 heavy (non-hydrogen) atoms. The first-order valence-corrected chi connectivity index (χ1v) is 6.85. The van der Waals surface area contributed by atoms with Gasteiger partial charge in [0.2, 0.25) is 0 Å². The minimum absolute atomic E-state index is 0.238. The van der Waals surface area contributed by atoms with Crippen molar-refractivity contribution in [3.63, 3.8) is 0 Å². The highest BCUT2D eigenvalue weighted by Crippen LogP contribution is 2.28. The first-order valence-electron chi connectivity index (χ1n) is 6.85. The van der Waals surface area contributed by atoms with E-state index in [-0.39, 0.29) is 13.2 Å². The molecule has 0 N–H and O–H groups in total. The van der Waals surface area contributed by atoms with Crippen molar-refractivity contribution in [3.05, 3.63) is 36.9 Å². The van der Waals surface area contributed by atoms with Crippen molar-refractivity contribution in [1.82, 2.24) is 0 Å². The van der Waals surface area contributed by atoms with E-state index in [4.69, 9.17) is 14.2 Å². The van der Waals surface area contributed by atoms with E-state index in [1.165, 1.54) is 7.11 Å². The Balaban J connectivity index is 2.79. The van der Waals surface area contributed by atoms with Gasteiger partial charge in [-0.05, 0) is 19.1 Å². The molecule has 0 bridgehead atoms. The number of methoxy groups -OCH3 is 1. The van der Waals surface area contributed by atoms with Crippen molar-refractivity contribution in [2.75, 3.05) is 20.3 Å². The molecule has 1 aromatic carbocycles. The molecule has 0 aliphatic carbocycles. The second-order valence-corrected chi connectivity index (χ2v) is 4.19. The molecule has 1 rings (SSSR count). The molecule has 1 atom stereocenters. The zero-order valence-corrected chi connectivity index (χ0v) is 12.7. The van der Waals surface area contributed by atoms with Gasteiger partial charge in [-0.1, -0.05) is 18.2 Å². The Hall–Kier alpha value is -2.50. The number of hydrogen-bond donors (Lipinski definition) is 0. The predicted molar refractivity (Wildman–Crippen MR) is 79.8 cm³/mol. The van der Waals surface area contributed by atoms with Crippen LogP contribution in [0.4, 0.5) is 0 Å². The van der Waals surface area contributed by atoms with Crippen molar-refractivity contribution in [2.24, 2.45) is 0 Å². The molecule has 0 aliphatic heterocycles. The molecule has 0 spiro atoms. The Bertz CT molecular complexity index is 511. The maximum atomic E-state index is 11.7. The van der Waals surface area contributed by atoms with Gasteiger partial charge in [-0.25, -0.2) is 9.59 Å². The van der Waals surface area contributed by atoms with E-state index >= 15 is 0 Å². The highest BCUT2D eigenvalue weighted by atomic mass is 16.6. The van der Waals surface area contributed by atoms with Crippen molar-refractivity contribution in [3.8, 4) is 11.5 Å². The Morgan fingerprint density at radius 1 is 1.27 bits per heavy atom. The maximum absolute atomic E-state index is 11.7. The maximum Gasteiger partial charge on any atom is 0.347 e. The van der Waals surface area contributed by atoms with Crippen LogP contribution in [0.2, 0.25) is 0 Å². The van der Waals surface area contributed by atoms with Crippen molar-refractivity contribution < 1.29 is 28.5 Å². The second-order valence-electron chi connectivity index (χ2n) is 4.19. The molecule has 6 heteroatoms. The number of para-hydroxylation sites is 2. The third-order valence-corrected chi connectivity index (χ3v) is 2.61. The largest absolute Gasteiger partial charge is 0.478 e. The summed E-state index contributed by atoms with van der Waals surface area (Å²) in [7, 11) is 1.28. The van der Waals surface area contributed by atoms with Crippen LogP contribution in [0.25, 0.3) is 0 Å². The van der Waals surface area contributed by atoms with E-state index in [0.717, 1.165) is 0 Å². The zero-order valence-electron chi connectivity index (χ0n) is 12.7. The van der Waals surface area contributed by atoms with Crippen LogP contribution in [-0.2, 0) is 19.1 Å². The van der Waals surface area contributed by atoms with Gasteiger partial charge in [-0.3, -0.25) is 0 Å². The normalized spacial score (nSPS) is 11.2. The molecular formula is C16H20O6. The van der Waals surface area contributed by atoms with E-state index < -0.39 is 18.0 Å². The number of carbonyl (C=O) groups excluding carboxylic acids is 2. The highest BCUT2D eigenvalue weighted by molar-refractivity contribution is 5.75. The molecule has 0 saturated carbocycles. The number of esters is 2. The molecule has 0 heterocycles. The molecule has 0 radical (unpaired) electrons. The van der Waals surface area contributed by atoms with E-state index in [9.17, 15) is 9.59 Å². The van der Waals surface area contributed by atoms with Crippen LogP contribution in [0.15, 0.2) is 36.9 Å². The Morgan fingerprint density at radius 3 is 2.55 bits per heavy atom. The first-order chi connectivity index (χ1) is 10.6. The van der Waals surface area contributed by atoms with E-state index in [2.05, 4.69) is 11.3 Å². The third-order valence-electron chi connectivity index (χ3n) is 2.61. The van der Waals surface area contributed by atoms with Gasteiger partial charge in [-0.15, -0.1) is 6.58 Å². The molecular weight excluding hydrogens is 288 g/mol. The molecule has 1 unspecified atom stereocenters. The van der Waals surface area contributed by atoms with Crippen LogP contribution >= 0.6 is 0 Å². The van der Waals surface area contributed by atoms with Gasteiger partial charge < -0.3 is 18.9 Å². The summed E-state index contributed by atoms with van der Waals surface area (Å²) in [5.41, 5.74) is 0. The summed E-state index contributed by atoms with van der Waals surface area (Å²) in [4.78, 5) is 23.0. The van der Waals surface area contributed by atoms with Gasteiger partial charge in [0.05, 0.1) is 13.7 Å². The smallest absolute Gasteiger partial charge is 0.347 e. The summed E-state index contributed by atoms with van der Waals surface area (Å²) in [5.74, 6) is -0.314. The van der Waals surface area contributed by atoms with Crippen LogP contribution in [0.1, 0.15) is 13.3 Å². The van der Waals surface area contributed by atoms with Gasteiger partial charge in [0.1, 0.15) is 0 Å². The average Bonchev–Trinajstić information content (AvgIpc) is 2.53. The second kappa shape index (κ2) is 9.44. The van der Waals surface area contributed by atoms with Crippen LogP contribution in [0.5, 0.6) is 11.5 Å². The summed E-state index contributed by atoms with van der Waals surface area (Å²) in [6.07, 6.45) is 1.03. The lowest BCUT2D eigenvalue weighted by Gasteiger charge is -2.17. The van der Waals surface area contributed by atoms with Gasteiger partial charge in [-0.2, -0.15) is 0 Å². The molecule has 0 saturated heterocycles. The Labute approximate surface area is 129 Å². The average molecular weight is 308 g/mol. The van der Waals surface area contributed by atoms with Crippen LogP contribution in [0, 0.1) is 0 Å². The lowest BCUT2D eigenvalue weighted by Crippen LogP contribution is -2.28. The summed E-state index contributed by atoms with van der Waals surface area (Å²) in [6, 6.07) is 6.74. The van der Waals surface area contributed by atoms with Crippen LogP contribution in [-0.4, -0.2) is 38.4 Å². The SMILES string of the molecule is C=CCC(Oc1ccccc1OCC(=O)OCC)C(=O)OC. The Morgan fingerprint density at radius 2 is 1.95 bits per heavy atom. The lowest BCUT2D eigenvalue weighted by atomic mass is 10.2. The lowest BCUT2D eigenvalue weighted by molar-refractivity contribution is -0.149. The monoisotopic (exact) mass is 308 g/mol. The number of hydrogen-bond acceptors (Lipinski definition) is 6. The minimum atomic E-state index is -0.824. The topological polar surface area (TPSA) is 71.1 Å². The van der Waals surface area contributed by atoms with Crippen LogP contribution in [0.3, 0.4) is 0 Å². The summed E-state index contributed by atoms with van der Waals surface area (Å²) in [6.45, 7) is 5.34. The fraction of sp³-hybridized carbons (Fsp3) is 0.375. The van der Waals surface area contributed by atoms with Crippen molar-refractivity contribution in [2.45, 2.75) is 19.4 Å². The fourth-order valence-corrected chi connectivity index (χ4v) is 1.63. The minimum Gasteiger partial charge on any atom is -0.478 e. The predicted octanol–water partition coefficient (Wildman–Crippen LogP) is 2.12. The van der Waals surface area contributed by atoms with Crippen molar-refractivity contribution in [1.29, 1.82) is 0 Å². The summed E-state index contributed by atoms with van der Waals surface area (Å²) in [5, 5.41) is 0. The Kier molecular flexibility index (Phi) is 7.53. The van der Waals surface area contributed by atoms with E-state index in [1.54, 1.807) is 37.3 Å². The van der Waals surface area contributed by atoms with E-state index in [0.29, 0.717) is 17.9 Å². The molecule has 0 aromatic heterocycles. The van der Waals surface area contributed by atoms with E-state index in [1.807, 2.05) is 0 Å². The standard InChI is InChI=1S/C16H20O6/c1-4-8-14(16(18)19-3)22-13-10-7-6-9-12(13)21-11-15(17)20-5-2/h4,6-7,9-10,14H,1,5,8,11H2,2-3H3. The molecule has 0 fully saturated rings. The molecule has 1 aromatic rings. The zero-order chi connectivity index (χ0) is 16.4. The number of ether oxygens (including phenoxy) is 4. The molecule has 0 amide bonds. The van der Waals surface area contributed by atoms with Gasteiger partial charge >= 0.3 is 11.9 Å². The molecule has 120 valence electrons. The summed E-state index contributed by atoms with van der Waals surface area (Å²) >= 11 is 0. The fourth-order valence-electron chi connectivity index (χ4n) is 1.63. The number of benzene rings is 1. The number of carbonyl (C=O) groups is 2. The quantitative estimate of drug-likeness (QED) is 0.514.